The number of rotatable bonds is 3. The highest BCUT2D eigenvalue weighted by atomic mass is 32.2. The lowest BCUT2D eigenvalue weighted by Gasteiger charge is -2.02. The highest BCUT2D eigenvalue weighted by Crippen LogP contribution is 2.16. The Balaban J connectivity index is 3.06. The first-order valence-electron chi connectivity index (χ1n) is 3.58. The van der Waals surface area contributed by atoms with E-state index >= 15 is 0 Å². The van der Waals surface area contributed by atoms with Crippen LogP contribution < -0.4 is 4.74 Å². The summed E-state index contributed by atoms with van der Waals surface area (Å²) in [6.07, 6.45) is 0. The van der Waals surface area contributed by atoms with Crippen molar-refractivity contribution < 1.29 is 13.2 Å². The molecular formula is C8H10O3S2. The summed E-state index contributed by atoms with van der Waals surface area (Å²) in [5.74, 6) is 0.637. The van der Waals surface area contributed by atoms with E-state index in [9.17, 15) is 8.42 Å². The first-order valence-corrected chi connectivity index (χ1v) is 5.86. The average molecular weight is 218 g/mol. The van der Waals surface area contributed by atoms with Crippen LogP contribution in [0.2, 0.25) is 0 Å². The average Bonchev–Trinajstić information content (AvgIpc) is 2.18. The SMILES string of the molecule is COc1ccc(S(=O)(=O)CS)cc1. The van der Waals surface area contributed by atoms with Gasteiger partial charge < -0.3 is 4.74 Å². The van der Waals surface area contributed by atoms with Gasteiger partial charge in [0.15, 0.2) is 9.84 Å². The molecule has 72 valence electrons. The first-order chi connectivity index (χ1) is 6.10. The molecule has 1 rings (SSSR count). The topological polar surface area (TPSA) is 43.4 Å². The molecule has 0 amide bonds. The molecule has 5 heteroatoms. The van der Waals surface area contributed by atoms with E-state index in [2.05, 4.69) is 12.6 Å². The quantitative estimate of drug-likeness (QED) is 0.779. The zero-order chi connectivity index (χ0) is 9.90. The fourth-order valence-electron chi connectivity index (χ4n) is 0.858. The first kappa shape index (κ1) is 10.4. The summed E-state index contributed by atoms with van der Waals surface area (Å²) in [4.78, 5) is 0.267. The van der Waals surface area contributed by atoms with Crippen LogP contribution in [-0.2, 0) is 9.84 Å². The molecule has 0 aliphatic heterocycles. The van der Waals surface area contributed by atoms with E-state index in [1.54, 1.807) is 12.1 Å². The molecule has 0 N–H and O–H groups in total. The van der Waals surface area contributed by atoms with Gasteiger partial charge in [-0.1, -0.05) is 0 Å². The Bertz CT molecular complexity index is 367. The molecule has 0 fully saturated rings. The van der Waals surface area contributed by atoms with E-state index < -0.39 is 9.84 Å². The number of thiol groups is 1. The van der Waals surface area contributed by atoms with Gasteiger partial charge in [0.1, 0.15) is 5.75 Å². The molecule has 0 aromatic heterocycles. The highest BCUT2D eigenvalue weighted by molar-refractivity contribution is 8.03. The summed E-state index contributed by atoms with van der Waals surface area (Å²) in [5.41, 5.74) is 0. The van der Waals surface area contributed by atoms with Crippen molar-refractivity contribution in [1.82, 2.24) is 0 Å². The molecule has 0 saturated carbocycles. The number of sulfone groups is 1. The monoisotopic (exact) mass is 218 g/mol. The summed E-state index contributed by atoms with van der Waals surface area (Å²) in [7, 11) is -1.68. The molecule has 0 spiro atoms. The van der Waals surface area contributed by atoms with Crippen molar-refractivity contribution in [1.29, 1.82) is 0 Å². The maximum absolute atomic E-state index is 11.3. The van der Waals surface area contributed by atoms with Gasteiger partial charge >= 0.3 is 0 Å². The van der Waals surface area contributed by atoms with Gasteiger partial charge in [-0.2, -0.15) is 12.6 Å². The molecule has 0 aliphatic rings. The molecule has 0 aliphatic carbocycles. The Kier molecular flexibility index (Phi) is 3.22. The van der Waals surface area contributed by atoms with Crippen molar-refractivity contribution in [3.8, 4) is 5.75 Å². The minimum Gasteiger partial charge on any atom is -0.497 e. The molecule has 13 heavy (non-hydrogen) atoms. The lowest BCUT2D eigenvalue weighted by molar-refractivity contribution is 0.414. The standard InChI is InChI=1S/C8H10O3S2/c1-11-7-2-4-8(5-3-7)13(9,10)6-12/h2-5,12H,6H2,1H3. The summed E-state index contributed by atoms with van der Waals surface area (Å²) < 4.78 is 27.5. The molecule has 0 heterocycles. The zero-order valence-corrected chi connectivity index (χ0v) is 8.81. The van der Waals surface area contributed by atoms with E-state index in [0.29, 0.717) is 5.75 Å². The van der Waals surface area contributed by atoms with E-state index in [0.717, 1.165) is 0 Å². The number of ether oxygens (including phenoxy) is 1. The van der Waals surface area contributed by atoms with Gasteiger partial charge in [0.25, 0.3) is 0 Å². The van der Waals surface area contributed by atoms with Gasteiger partial charge in [-0.15, -0.1) is 0 Å². The second-order valence-corrected chi connectivity index (χ2v) is 5.15. The second-order valence-electron chi connectivity index (χ2n) is 2.42. The van der Waals surface area contributed by atoms with Crippen molar-refractivity contribution >= 4 is 22.5 Å². The predicted molar refractivity (Wildman–Crippen MR) is 54.0 cm³/mol. The van der Waals surface area contributed by atoms with Crippen LogP contribution in [0.15, 0.2) is 29.2 Å². The van der Waals surface area contributed by atoms with E-state index in [1.165, 1.54) is 19.2 Å². The zero-order valence-electron chi connectivity index (χ0n) is 7.10. The van der Waals surface area contributed by atoms with Crippen molar-refractivity contribution in [2.45, 2.75) is 4.90 Å². The third kappa shape index (κ3) is 2.38. The Morgan fingerprint density at radius 1 is 1.31 bits per heavy atom. The maximum atomic E-state index is 11.3. The number of hydrogen-bond donors (Lipinski definition) is 1. The third-order valence-electron chi connectivity index (χ3n) is 1.59. The van der Waals surface area contributed by atoms with Crippen molar-refractivity contribution in [3.63, 3.8) is 0 Å². The molecule has 3 nitrogen and oxygen atoms in total. The van der Waals surface area contributed by atoms with Crippen LogP contribution >= 0.6 is 12.6 Å². The molecule has 1 aromatic rings. The number of hydrogen-bond acceptors (Lipinski definition) is 4. The summed E-state index contributed by atoms with van der Waals surface area (Å²) >= 11 is 3.74. The van der Waals surface area contributed by atoms with Crippen LogP contribution in [0.1, 0.15) is 0 Å². The summed E-state index contributed by atoms with van der Waals surface area (Å²) in [5, 5.41) is -0.181. The fourth-order valence-corrected chi connectivity index (χ4v) is 2.00. The van der Waals surface area contributed by atoms with E-state index in [1.807, 2.05) is 0 Å². The molecule has 0 radical (unpaired) electrons. The minimum atomic E-state index is -3.21. The van der Waals surface area contributed by atoms with Crippen molar-refractivity contribution in [3.05, 3.63) is 24.3 Å². The smallest absolute Gasteiger partial charge is 0.187 e. The maximum Gasteiger partial charge on any atom is 0.187 e. The van der Waals surface area contributed by atoms with Crippen LogP contribution in [0, 0.1) is 0 Å². The molecule has 1 aromatic carbocycles. The molecule has 0 bridgehead atoms. The predicted octanol–water partition coefficient (Wildman–Crippen LogP) is 1.36. The van der Waals surface area contributed by atoms with Gasteiger partial charge in [-0.25, -0.2) is 8.42 Å². The van der Waals surface area contributed by atoms with Gasteiger partial charge in [0, 0.05) is 0 Å². The Hall–Kier alpha value is -0.680. The van der Waals surface area contributed by atoms with Gasteiger partial charge in [-0.3, -0.25) is 0 Å². The normalized spacial score (nSPS) is 11.2. The van der Waals surface area contributed by atoms with Crippen molar-refractivity contribution in [2.24, 2.45) is 0 Å². The van der Waals surface area contributed by atoms with Gasteiger partial charge in [0.05, 0.1) is 17.1 Å². The number of methoxy groups -OCH3 is 1. The fraction of sp³-hybridized carbons (Fsp3) is 0.250. The lowest BCUT2D eigenvalue weighted by Crippen LogP contribution is -2.01. The summed E-state index contributed by atoms with van der Waals surface area (Å²) in [6, 6.07) is 6.22. The number of benzene rings is 1. The van der Waals surface area contributed by atoms with Crippen LogP contribution in [0.25, 0.3) is 0 Å². The largest absolute Gasteiger partial charge is 0.497 e. The summed E-state index contributed by atoms with van der Waals surface area (Å²) in [6.45, 7) is 0. The Morgan fingerprint density at radius 3 is 2.23 bits per heavy atom. The Labute approximate surface area is 83.1 Å². The van der Waals surface area contributed by atoms with Gasteiger partial charge in [0.2, 0.25) is 0 Å². The molecular weight excluding hydrogens is 208 g/mol. The Morgan fingerprint density at radius 2 is 1.85 bits per heavy atom. The second kappa shape index (κ2) is 4.02. The third-order valence-corrected chi connectivity index (χ3v) is 3.94. The minimum absolute atomic E-state index is 0.181. The van der Waals surface area contributed by atoms with E-state index in [4.69, 9.17) is 4.74 Å². The van der Waals surface area contributed by atoms with Gasteiger partial charge in [-0.05, 0) is 24.3 Å². The molecule has 0 atom stereocenters. The van der Waals surface area contributed by atoms with Crippen molar-refractivity contribution in [2.75, 3.05) is 12.2 Å². The van der Waals surface area contributed by atoms with Crippen LogP contribution in [0.4, 0.5) is 0 Å². The van der Waals surface area contributed by atoms with Crippen LogP contribution in [0.3, 0.4) is 0 Å². The lowest BCUT2D eigenvalue weighted by atomic mass is 10.3. The molecule has 0 unspecified atom stereocenters. The molecule has 0 saturated heterocycles. The van der Waals surface area contributed by atoms with E-state index in [-0.39, 0.29) is 9.98 Å². The van der Waals surface area contributed by atoms with Crippen LogP contribution in [-0.4, -0.2) is 20.6 Å². The van der Waals surface area contributed by atoms with Crippen LogP contribution in [0.5, 0.6) is 5.75 Å². The highest BCUT2D eigenvalue weighted by Gasteiger charge is 2.10.